The summed E-state index contributed by atoms with van der Waals surface area (Å²) in [4.78, 5) is 16.3. The highest BCUT2D eigenvalue weighted by atomic mass is 35.5. The van der Waals surface area contributed by atoms with Crippen molar-refractivity contribution in [3.05, 3.63) is 23.9 Å². The first kappa shape index (κ1) is 18.7. The average molecular weight is 328 g/mol. The molecule has 1 aliphatic rings. The zero-order chi connectivity index (χ0) is 15.3. The summed E-state index contributed by atoms with van der Waals surface area (Å²) in [5, 5.41) is 6.38. The van der Waals surface area contributed by atoms with Gasteiger partial charge < -0.3 is 15.4 Å². The molecule has 22 heavy (non-hydrogen) atoms. The number of carbonyl (C=O) groups excluding carboxylic acids is 1. The van der Waals surface area contributed by atoms with Gasteiger partial charge in [0.05, 0.1) is 5.54 Å². The van der Waals surface area contributed by atoms with E-state index >= 15 is 0 Å². The minimum atomic E-state index is -0.417. The monoisotopic (exact) mass is 327 g/mol. The van der Waals surface area contributed by atoms with Crippen LogP contribution in [0.3, 0.4) is 0 Å². The standard InChI is InChI=1S/C16H25N3O2.ClH/c1-12-6-4-9-18-15(12)21-11-16(2,3)19-14(20)10-13-7-5-8-17-13;/h4,6,9,13,17H,5,7-8,10-11H2,1-3H3,(H,19,20);1H. The molecule has 2 heterocycles. The SMILES string of the molecule is Cc1cccnc1OCC(C)(C)NC(=O)CC1CCCN1.Cl. The lowest BCUT2D eigenvalue weighted by Crippen LogP contribution is -2.49. The van der Waals surface area contributed by atoms with Gasteiger partial charge in [0.2, 0.25) is 11.8 Å². The molecule has 0 spiro atoms. The third-order valence-electron chi connectivity index (χ3n) is 3.60. The smallest absolute Gasteiger partial charge is 0.222 e. The summed E-state index contributed by atoms with van der Waals surface area (Å²) in [5.74, 6) is 0.693. The molecule has 2 N–H and O–H groups in total. The van der Waals surface area contributed by atoms with Gasteiger partial charge in [-0.1, -0.05) is 6.07 Å². The number of rotatable bonds is 6. The van der Waals surface area contributed by atoms with Gasteiger partial charge in [-0.3, -0.25) is 4.79 Å². The maximum Gasteiger partial charge on any atom is 0.222 e. The fraction of sp³-hybridized carbons (Fsp3) is 0.625. The lowest BCUT2D eigenvalue weighted by molar-refractivity contribution is -0.123. The number of hydrogen-bond acceptors (Lipinski definition) is 4. The Morgan fingerprint density at radius 3 is 2.95 bits per heavy atom. The van der Waals surface area contributed by atoms with Crippen LogP contribution in [0.25, 0.3) is 0 Å². The van der Waals surface area contributed by atoms with E-state index in [0.717, 1.165) is 24.9 Å². The Labute approximate surface area is 138 Å². The van der Waals surface area contributed by atoms with Gasteiger partial charge >= 0.3 is 0 Å². The normalized spacial score (nSPS) is 17.7. The Morgan fingerprint density at radius 1 is 1.55 bits per heavy atom. The molecule has 0 saturated carbocycles. The van der Waals surface area contributed by atoms with E-state index < -0.39 is 5.54 Å². The number of aromatic nitrogens is 1. The Morgan fingerprint density at radius 2 is 2.32 bits per heavy atom. The lowest BCUT2D eigenvalue weighted by atomic mass is 10.1. The highest BCUT2D eigenvalue weighted by molar-refractivity contribution is 5.85. The number of pyridine rings is 1. The van der Waals surface area contributed by atoms with Crippen LogP contribution >= 0.6 is 12.4 Å². The number of nitrogens with one attached hydrogen (secondary N) is 2. The molecular formula is C16H26ClN3O2. The van der Waals surface area contributed by atoms with E-state index in [1.54, 1.807) is 6.20 Å². The Hall–Kier alpha value is -1.33. The van der Waals surface area contributed by atoms with Crippen molar-refractivity contribution in [2.75, 3.05) is 13.2 Å². The highest BCUT2D eigenvalue weighted by Gasteiger charge is 2.24. The number of carbonyl (C=O) groups is 1. The predicted molar refractivity (Wildman–Crippen MR) is 89.6 cm³/mol. The van der Waals surface area contributed by atoms with Crippen LogP contribution in [-0.4, -0.2) is 35.6 Å². The van der Waals surface area contributed by atoms with E-state index in [0.29, 0.717) is 24.9 Å². The van der Waals surface area contributed by atoms with Gasteiger partial charge in [0.25, 0.3) is 0 Å². The third-order valence-corrected chi connectivity index (χ3v) is 3.60. The zero-order valence-corrected chi connectivity index (χ0v) is 14.3. The molecule has 0 aromatic carbocycles. The fourth-order valence-electron chi connectivity index (χ4n) is 2.49. The van der Waals surface area contributed by atoms with Crippen molar-refractivity contribution in [1.82, 2.24) is 15.6 Å². The second-order valence-corrected chi connectivity index (χ2v) is 6.34. The van der Waals surface area contributed by atoms with E-state index in [1.165, 1.54) is 0 Å². The van der Waals surface area contributed by atoms with Crippen molar-refractivity contribution in [2.45, 2.75) is 51.6 Å². The van der Waals surface area contributed by atoms with Crippen LogP contribution < -0.4 is 15.4 Å². The predicted octanol–water partition coefficient (Wildman–Crippen LogP) is 2.23. The molecule has 6 heteroatoms. The fourth-order valence-corrected chi connectivity index (χ4v) is 2.49. The number of aryl methyl sites for hydroxylation is 1. The molecule has 5 nitrogen and oxygen atoms in total. The third kappa shape index (κ3) is 5.81. The molecule has 0 radical (unpaired) electrons. The largest absolute Gasteiger partial charge is 0.475 e. The molecule has 1 aromatic rings. The molecular weight excluding hydrogens is 302 g/mol. The number of amides is 1. The van der Waals surface area contributed by atoms with E-state index in [-0.39, 0.29) is 18.3 Å². The summed E-state index contributed by atoms with van der Waals surface area (Å²) in [6, 6.07) is 4.16. The van der Waals surface area contributed by atoms with E-state index in [2.05, 4.69) is 15.6 Å². The number of ether oxygens (including phenoxy) is 1. The van der Waals surface area contributed by atoms with Crippen LogP contribution in [0.1, 0.15) is 38.7 Å². The highest BCUT2D eigenvalue weighted by Crippen LogP contribution is 2.15. The Bertz CT molecular complexity index is 488. The second kappa shape index (κ2) is 8.34. The molecule has 0 bridgehead atoms. The summed E-state index contributed by atoms with van der Waals surface area (Å²) in [7, 11) is 0. The van der Waals surface area contributed by atoms with Crippen molar-refractivity contribution in [3.8, 4) is 5.88 Å². The second-order valence-electron chi connectivity index (χ2n) is 6.34. The van der Waals surface area contributed by atoms with Gasteiger partial charge in [-0.15, -0.1) is 12.4 Å². The van der Waals surface area contributed by atoms with Crippen LogP contribution in [0.5, 0.6) is 5.88 Å². The maximum absolute atomic E-state index is 12.1. The molecule has 1 unspecified atom stereocenters. The molecule has 1 aromatic heterocycles. The lowest BCUT2D eigenvalue weighted by Gasteiger charge is -2.27. The molecule has 1 saturated heterocycles. The molecule has 0 aliphatic carbocycles. The van der Waals surface area contributed by atoms with E-state index in [1.807, 2.05) is 32.9 Å². The van der Waals surface area contributed by atoms with Gasteiger partial charge in [0, 0.05) is 24.2 Å². The molecule has 1 fully saturated rings. The van der Waals surface area contributed by atoms with Crippen LogP contribution in [0.2, 0.25) is 0 Å². The van der Waals surface area contributed by atoms with Crippen LogP contribution in [-0.2, 0) is 4.79 Å². The van der Waals surface area contributed by atoms with Gasteiger partial charge in [-0.2, -0.15) is 0 Å². The van der Waals surface area contributed by atoms with Gasteiger partial charge in [0.15, 0.2) is 0 Å². The average Bonchev–Trinajstić information content (AvgIpc) is 2.90. The maximum atomic E-state index is 12.1. The van der Waals surface area contributed by atoms with Crippen molar-refractivity contribution in [1.29, 1.82) is 0 Å². The first-order valence-electron chi connectivity index (χ1n) is 7.55. The van der Waals surface area contributed by atoms with Gasteiger partial charge in [-0.25, -0.2) is 4.98 Å². The summed E-state index contributed by atoms with van der Waals surface area (Å²) >= 11 is 0. The quantitative estimate of drug-likeness (QED) is 0.841. The number of hydrogen-bond donors (Lipinski definition) is 2. The molecule has 1 atom stereocenters. The van der Waals surface area contributed by atoms with Crippen molar-refractivity contribution in [3.63, 3.8) is 0 Å². The molecule has 2 rings (SSSR count). The van der Waals surface area contributed by atoms with Crippen molar-refractivity contribution in [2.24, 2.45) is 0 Å². The topological polar surface area (TPSA) is 63.2 Å². The van der Waals surface area contributed by atoms with Crippen LogP contribution in [0, 0.1) is 6.92 Å². The summed E-state index contributed by atoms with van der Waals surface area (Å²) in [6.45, 7) is 7.30. The number of nitrogens with zero attached hydrogens (tertiary/aromatic N) is 1. The first-order valence-corrected chi connectivity index (χ1v) is 7.55. The van der Waals surface area contributed by atoms with Crippen molar-refractivity contribution < 1.29 is 9.53 Å². The van der Waals surface area contributed by atoms with Gasteiger partial charge in [-0.05, 0) is 46.2 Å². The minimum absolute atomic E-state index is 0. The van der Waals surface area contributed by atoms with E-state index in [4.69, 9.17) is 4.74 Å². The zero-order valence-electron chi connectivity index (χ0n) is 13.5. The van der Waals surface area contributed by atoms with Crippen LogP contribution in [0.15, 0.2) is 18.3 Å². The summed E-state index contributed by atoms with van der Waals surface area (Å²) in [5.41, 5.74) is 0.578. The van der Waals surface area contributed by atoms with Crippen LogP contribution in [0.4, 0.5) is 0 Å². The Balaban J connectivity index is 0.00000242. The molecule has 124 valence electrons. The molecule has 1 amide bonds. The Kier molecular flexibility index (Phi) is 7.10. The molecule has 1 aliphatic heterocycles. The van der Waals surface area contributed by atoms with Crippen molar-refractivity contribution >= 4 is 18.3 Å². The number of halogens is 1. The summed E-state index contributed by atoms with van der Waals surface area (Å²) in [6.07, 6.45) is 4.48. The van der Waals surface area contributed by atoms with Gasteiger partial charge in [0.1, 0.15) is 6.61 Å². The minimum Gasteiger partial charge on any atom is -0.475 e. The summed E-state index contributed by atoms with van der Waals surface area (Å²) < 4.78 is 5.73. The first-order chi connectivity index (χ1) is 9.96. The van der Waals surface area contributed by atoms with E-state index in [9.17, 15) is 4.79 Å².